The predicted molar refractivity (Wildman–Crippen MR) is 104 cm³/mol. The Bertz CT molecular complexity index is 849. The van der Waals surface area contributed by atoms with Crippen molar-refractivity contribution in [2.45, 2.75) is 13.8 Å². The van der Waals surface area contributed by atoms with Gasteiger partial charge >= 0.3 is 5.97 Å². The van der Waals surface area contributed by atoms with E-state index >= 15 is 0 Å². The summed E-state index contributed by atoms with van der Waals surface area (Å²) in [5.74, 6) is -0.170. The van der Waals surface area contributed by atoms with Crippen LogP contribution in [0.3, 0.4) is 0 Å². The van der Waals surface area contributed by atoms with Crippen LogP contribution in [0.1, 0.15) is 21.7 Å². The van der Waals surface area contributed by atoms with Crippen LogP contribution in [0.15, 0.2) is 41.0 Å². The van der Waals surface area contributed by atoms with E-state index in [0.717, 1.165) is 11.1 Å². The van der Waals surface area contributed by atoms with Crippen molar-refractivity contribution in [3.05, 3.63) is 53.5 Å². The molecule has 0 atom stereocenters. The lowest BCUT2D eigenvalue weighted by Crippen LogP contribution is -2.51. The smallest absolute Gasteiger partial charge is 0.344 e. The second-order valence-corrected chi connectivity index (χ2v) is 6.82. The normalized spacial score (nSPS) is 13.9. The van der Waals surface area contributed by atoms with Gasteiger partial charge in [-0.15, -0.1) is 0 Å². The maximum atomic E-state index is 12.3. The Labute approximate surface area is 169 Å². The van der Waals surface area contributed by atoms with E-state index in [1.165, 1.54) is 6.26 Å². The highest BCUT2D eigenvalue weighted by Crippen LogP contribution is 2.22. The molecule has 1 aromatic carbocycles. The Morgan fingerprint density at radius 2 is 1.59 bits per heavy atom. The van der Waals surface area contributed by atoms with E-state index in [4.69, 9.17) is 13.9 Å². The highest BCUT2D eigenvalue weighted by atomic mass is 16.6. The van der Waals surface area contributed by atoms with E-state index in [0.29, 0.717) is 31.9 Å². The fourth-order valence-electron chi connectivity index (χ4n) is 3.15. The van der Waals surface area contributed by atoms with Crippen molar-refractivity contribution < 1.29 is 28.3 Å². The zero-order valence-electron chi connectivity index (χ0n) is 16.6. The zero-order chi connectivity index (χ0) is 20.8. The molecule has 1 aromatic heterocycles. The minimum atomic E-state index is -0.604. The molecule has 29 heavy (non-hydrogen) atoms. The van der Waals surface area contributed by atoms with Crippen LogP contribution in [-0.2, 0) is 14.3 Å². The SMILES string of the molecule is Cc1cccc(C)c1OCC(=O)OCC(=O)N1CCN(C(=O)c2ccco2)CC1. The molecule has 0 aliphatic carbocycles. The number of carbonyl (C=O) groups excluding carboxylic acids is 3. The molecule has 3 rings (SSSR count). The Hall–Kier alpha value is -3.29. The average Bonchev–Trinajstić information content (AvgIpc) is 3.26. The molecule has 1 aliphatic heterocycles. The third kappa shape index (κ3) is 5.16. The van der Waals surface area contributed by atoms with Gasteiger partial charge in [0.2, 0.25) is 0 Å². The summed E-state index contributed by atoms with van der Waals surface area (Å²) >= 11 is 0. The number of ether oxygens (including phenoxy) is 2. The van der Waals surface area contributed by atoms with Crippen molar-refractivity contribution in [1.29, 1.82) is 0 Å². The van der Waals surface area contributed by atoms with Gasteiger partial charge in [-0.3, -0.25) is 9.59 Å². The number of hydrogen-bond acceptors (Lipinski definition) is 6. The van der Waals surface area contributed by atoms with Crippen molar-refractivity contribution in [2.75, 3.05) is 39.4 Å². The van der Waals surface area contributed by atoms with Gasteiger partial charge in [-0.2, -0.15) is 0 Å². The minimum absolute atomic E-state index is 0.197. The fraction of sp³-hybridized carbons (Fsp3) is 0.381. The van der Waals surface area contributed by atoms with Crippen LogP contribution in [0, 0.1) is 13.8 Å². The van der Waals surface area contributed by atoms with Crippen LogP contribution in [0.25, 0.3) is 0 Å². The molecule has 2 heterocycles. The molecule has 0 unspecified atom stereocenters. The minimum Gasteiger partial charge on any atom is -0.481 e. The van der Waals surface area contributed by atoms with Gasteiger partial charge in [0.05, 0.1) is 6.26 Å². The standard InChI is InChI=1S/C21H24N2O6/c1-15-5-3-6-16(2)20(15)29-14-19(25)28-13-18(24)22-8-10-23(11-9-22)21(26)17-7-4-12-27-17/h3-7,12H,8-11,13-14H2,1-2H3. The summed E-state index contributed by atoms with van der Waals surface area (Å²) < 4.78 is 15.7. The van der Waals surface area contributed by atoms with Crippen LogP contribution in [0.2, 0.25) is 0 Å². The van der Waals surface area contributed by atoms with Crippen molar-refractivity contribution in [2.24, 2.45) is 0 Å². The first kappa shape index (κ1) is 20.4. The topological polar surface area (TPSA) is 89.3 Å². The lowest BCUT2D eigenvalue weighted by atomic mass is 10.1. The molecule has 0 radical (unpaired) electrons. The molecule has 2 aromatic rings. The number of amides is 2. The first-order valence-corrected chi connectivity index (χ1v) is 9.41. The summed E-state index contributed by atoms with van der Waals surface area (Å²) in [6, 6.07) is 8.97. The summed E-state index contributed by atoms with van der Waals surface area (Å²) in [4.78, 5) is 39.6. The first-order chi connectivity index (χ1) is 14.0. The predicted octanol–water partition coefficient (Wildman–Crippen LogP) is 1.80. The molecule has 2 amide bonds. The number of hydrogen-bond donors (Lipinski definition) is 0. The molecule has 1 saturated heterocycles. The molecule has 0 N–H and O–H groups in total. The van der Waals surface area contributed by atoms with Crippen LogP contribution in [0.4, 0.5) is 0 Å². The summed E-state index contributed by atoms with van der Waals surface area (Å²) in [5, 5.41) is 0. The zero-order valence-corrected chi connectivity index (χ0v) is 16.6. The summed E-state index contributed by atoms with van der Waals surface area (Å²) in [7, 11) is 0. The molecule has 1 aliphatic rings. The maximum Gasteiger partial charge on any atom is 0.344 e. The number of rotatable bonds is 6. The van der Waals surface area contributed by atoms with E-state index in [1.807, 2.05) is 32.0 Å². The number of para-hydroxylation sites is 1. The van der Waals surface area contributed by atoms with Gasteiger partial charge in [0.25, 0.3) is 11.8 Å². The van der Waals surface area contributed by atoms with Crippen molar-refractivity contribution >= 4 is 17.8 Å². The molecule has 8 heteroatoms. The van der Waals surface area contributed by atoms with Gasteiger partial charge in [0, 0.05) is 26.2 Å². The third-order valence-electron chi connectivity index (χ3n) is 4.75. The number of carbonyl (C=O) groups is 3. The van der Waals surface area contributed by atoms with Gasteiger partial charge in [-0.25, -0.2) is 4.79 Å². The van der Waals surface area contributed by atoms with Gasteiger partial charge in [0.1, 0.15) is 5.75 Å². The van der Waals surface area contributed by atoms with Crippen molar-refractivity contribution in [3.8, 4) is 5.75 Å². The Morgan fingerprint density at radius 3 is 2.21 bits per heavy atom. The van der Waals surface area contributed by atoms with Crippen molar-refractivity contribution in [3.63, 3.8) is 0 Å². The van der Waals surface area contributed by atoms with Gasteiger partial charge in [-0.05, 0) is 37.1 Å². The lowest BCUT2D eigenvalue weighted by Gasteiger charge is -2.34. The average molecular weight is 400 g/mol. The van der Waals surface area contributed by atoms with Gasteiger partial charge in [-0.1, -0.05) is 18.2 Å². The quantitative estimate of drug-likeness (QED) is 0.687. The van der Waals surface area contributed by atoms with Crippen molar-refractivity contribution in [1.82, 2.24) is 9.80 Å². The largest absolute Gasteiger partial charge is 0.481 e. The molecule has 1 fully saturated rings. The molecule has 154 valence electrons. The van der Waals surface area contributed by atoms with Gasteiger partial charge in [0.15, 0.2) is 19.0 Å². The second-order valence-electron chi connectivity index (χ2n) is 6.82. The van der Waals surface area contributed by atoms with Crippen LogP contribution < -0.4 is 4.74 Å². The number of benzene rings is 1. The summed E-state index contributed by atoms with van der Waals surface area (Å²) in [5.41, 5.74) is 1.85. The highest BCUT2D eigenvalue weighted by Gasteiger charge is 2.26. The number of aryl methyl sites for hydroxylation is 2. The second kappa shape index (κ2) is 9.27. The monoisotopic (exact) mass is 400 g/mol. The van der Waals surface area contributed by atoms with Crippen LogP contribution >= 0.6 is 0 Å². The molecule has 0 bridgehead atoms. The number of nitrogens with zero attached hydrogens (tertiary/aromatic N) is 2. The summed E-state index contributed by atoms with van der Waals surface area (Å²) in [6.07, 6.45) is 1.45. The molecule has 0 spiro atoms. The Kier molecular flexibility index (Phi) is 6.54. The first-order valence-electron chi connectivity index (χ1n) is 9.41. The molecular formula is C21H24N2O6. The number of piperazine rings is 1. The Balaban J connectivity index is 1.40. The van der Waals surface area contributed by atoms with Gasteiger partial charge < -0.3 is 23.7 Å². The maximum absolute atomic E-state index is 12.3. The van der Waals surface area contributed by atoms with E-state index < -0.39 is 5.97 Å². The van der Waals surface area contributed by atoms with E-state index in [1.54, 1.807) is 21.9 Å². The number of furan rings is 1. The fourth-order valence-corrected chi connectivity index (χ4v) is 3.15. The Morgan fingerprint density at radius 1 is 0.931 bits per heavy atom. The van der Waals surface area contributed by atoms with Crippen LogP contribution in [0.5, 0.6) is 5.75 Å². The van der Waals surface area contributed by atoms with E-state index in [-0.39, 0.29) is 30.8 Å². The number of esters is 1. The highest BCUT2D eigenvalue weighted by molar-refractivity contribution is 5.91. The van der Waals surface area contributed by atoms with E-state index in [2.05, 4.69) is 0 Å². The van der Waals surface area contributed by atoms with E-state index in [9.17, 15) is 14.4 Å². The summed E-state index contributed by atoms with van der Waals surface area (Å²) in [6.45, 7) is 4.74. The molecule has 8 nitrogen and oxygen atoms in total. The third-order valence-corrected chi connectivity index (χ3v) is 4.75. The molecular weight excluding hydrogens is 376 g/mol. The van der Waals surface area contributed by atoms with Crippen LogP contribution in [-0.4, -0.2) is 67.0 Å². The lowest BCUT2D eigenvalue weighted by molar-refractivity contribution is -0.154. The molecule has 0 saturated carbocycles.